The molecular formula is C13H15F2NO3S. The van der Waals surface area contributed by atoms with E-state index in [-0.39, 0.29) is 30.1 Å². The van der Waals surface area contributed by atoms with E-state index >= 15 is 0 Å². The molecule has 0 fully saturated rings. The van der Waals surface area contributed by atoms with Crippen molar-refractivity contribution in [2.75, 3.05) is 18.1 Å². The Bertz CT molecular complexity index is 483. The van der Waals surface area contributed by atoms with Gasteiger partial charge in [-0.05, 0) is 30.2 Å². The van der Waals surface area contributed by atoms with Gasteiger partial charge in [0.2, 0.25) is 5.91 Å². The summed E-state index contributed by atoms with van der Waals surface area (Å²) in [7, 11) is 0. The lowest BCUT2D eigenvalue weighted by Gasteiger charge is -2.05. The second-order valence-electron chi connectivity index (χ2n) is 4.03. The molecule has 2 N–H and O–H groups in total. The van der Waals surface area contributed by atoms with Crippen LogP contribution in [0.25, 0.3) is 0 Å². The number of carbonyl (C=O) groups excluding carboxylic acids is 1. The van der Waals surface area contributed by atoms with E-state index in [1.165, 1.54) is 11.8 Å². The van der Waals surface area contributed by atoms with Crippen LogP contribution in [0.2, 0.25) is 0 Å². The van der Waals surface area contributed by atoms with Crippen LogP contribution in [-0.4, -0.2) is 35.0 Å². The molecule has 1 aromatic carbocycles. The molecule has 7 heteroatoms. The van der Waals surface area contributed by atoms with Gasteiger partial charge in [0.1, 0.15) is 11.6 Å². The maximum atomic E-state index is 13.3. The van der Waals surface area contributed by atoms with E-state index in [2.05, 4.69) is 5.32 Å². The molecule has 0 saturated carbocycles. The number of nitrogens with one attached hydrogen (secondary N) is 1. The Balaban J connectivity index is 2.23. The van der Waals surface area contributed by atoms with Crippen molar-refractivity contribution in [1.82, 2.24) is 5.32 Å². The lowest BCUT2D eigenvalue weighted by atomic mass is 10.1. The van der Waals surface area contributed by atoms with Gasteiger partial charge < -0.3 is 10.4 Å². The Morgan fingerprint density at radius 3 is 2.75 bits per heavy atom. The molecule has 0 aliphatic heterocycles. The SMILES string of the molecule is O=C(O)CSCCNC(=O)CCc1cc(F)ccc1F. The minimum absolute atomic E-state index is 0.00955. The van der Waals surface area contributed by atoms with Crippen molar-refractivity contribution in [3.05, 3.63) is 35.4 Å². The molecule has 1 rings (SSSR count). The van der Waals surface area contributed by atoms with Crippen molar-refractivity contribution < 1.29 is 23.5 Å². The van der Waals surface area contributed by atoms with Gasteiger partial charge in [-0.3, -0.25) is 9.59 Å². The largest absolute Gasteiger partial charge is 0.481 e. The minimum Gasteiger partial charge on any atom is -0.481 e. The second kappa shape index (κ2) is 8.52. The smallest absolute Gasteiger partial charge is 0.313 e. The lowest BCUT2D eigenvalue weighted by molar-refractivity contribution is -0.133. The third kappa shape index (κ3) is 6.51. The van der Waals surface area contributed by atoms with Crippen LogP contribution in [0.3, 0.4) is 0 Å². The fourth-order valence-electron chi connectivity index (χ4n) is 1.49. The van der Waals surface area contributed by atoms with Gasteiger partial charge in [0.05, 0.1) is 5.75 Å². The van der Waals surface area contributed by atoms with Crippen molar-refractivity contribution in [2.45, 2.75) is 12.8 Å². The van der Waals surface area contributed by atoms with Crippen molar-refractivity contribution >= 4 is 23.6 Å². The van der Waals surface area contributed by atoms with E-state index in [1.54, 1.807) is 0 Å². The first kappa shape index (κ1) is 16.4. The first-order valence-corrected chi connectivity index (χ1v) is 7.14. The molecule has 110 valence electrons. The van der Waals surface area contributed by atoms with E-state index in [0.29, 0.717) is 12.3 Å². The number of aryl methyl sites for hydroxylation is 1. The van der Waals surface area contributed by atoms with Gasteiger partial charge in [-0.1, -0.05) is 0 Å². The number of thioether (sulfide) groups is 1. The monoisotopic (exact) mass is 303 g/mol. The van der Waals surface area contributed by atoms with Gasteiger partial charge >= 0.3 is 5.97 Å². The van der Waals surface area contributed by atoms with Gasteiger partial charge in [-0.2, -0.15) is 0 Å². The summed E-state index contributed by atoms with van der Waals surface area (Å²) < 4.78 is 26.2. The number of hydrogen-bond donors (Lipinski definition) is 2. The zero-order chi connectivity index (χ0) is 15.0. The van der Waals surface area contributed by atoms with Crippen LogP contribution < -0.4 is 5.32 Å². The summed E-state index contributed by atoms with van der Waals surface area (Å²) in [6.45, 7) is 0.350. The molecule has 0 saturated heterocycles. The van der Waals surface area contributed by atoms with Gasteiger partial charge in [-0.15, -0.1) is 11.8 Å². The number of carboxylic acids is 1. The maximum absolute atomic E-state index is 13.3. The number of benzene rings is 1. The van der Waals surface area contributed by atoms with Gasteiger partial charge in [-0.25, -0.2) is 8.78 Å². The average Bonchev–Trinajstić information content (AvgIpc) is 2.39. The molecular weight excluding hydrogens is 288 g/mol. The summed E-state index contributed by atoms with van der Waals surface area (Å²) in [4.78, 5) is 21.7. The van der Waals surface area contributed by atoms with E-state index in [9.17, 15) is 18.4 Å². The molecule has 1 aromatic rings. The highest BCUT2D eigenvalue weighted by Gasteiger charge is 2.07. The Hall–Kier alpha value is -1.63. The van der Waals surface area contributed by atoms with Crippen molar-refractivity contribution in [3.63, 3.8) is 0 Å². The molecule has 0 bridgehead atoms. The third-order valence-electron chi connectivity index (χ3n) is 2.42. The minimum atomic E-state index is -0.900. The van der Waals surface area contributed by atoms with Crippen LogP contribution in [0.4, 0.5) is 8.78 Å². The average molecular weight is 303 g/mol. The molecule has 0 aliphatic carbocycles. The summed E-state index contributed by atoms with van der Waals surface area (Å²) in [5.41, 5.74) is 0.167. The fourth-order valence-corrected chi connectivity index (χ4v) is 2.06. The van der Waals surface area contributed by atoms with Crippen molar-refractivity contribution in [2.24, 2.45) is 0 Å². The highest BCUT2D eigenvalue weighted by atomic mass is 32.2. The Labute approximate surface area is 119 Å². The van der Waals surface area contributed by atoms with Crippen LogP contribution in [0.5, 0.6) is 0 Å². The lowest BCUT2D eigenvalue weighted by Crippen LogP contribution is -2.26. The van der Waals surface area contributed by atoms with Crippen LogP contribution in [0.15, 0.2) is 18.2 Å². The maximum Gasteiger partial charge on any atom is 0.313 e. The third-order valence-corrected chi connectivity index (χ3v) is 3.37. The Kier molecular flexibility index (Phi) is 7.00. The summed E-state index contributed by atoms with van der Waals surface area (Å²) in [6, 6.07) is 3.13. The molecule has 0 radical (unpaired) electrons. The van der Waals surface area contributed by atoms with E-state index in [0.717, 1.165) is 18.2 Å². The second-order valence-corrected chi connectivity index (χ2v) is 5.14. The summed E-state index contributed by atoms with van der Waals surface area (Å²) >= 11 is 1.20. The topological polar surface area (TPSA) is 66.4 Å². The molecule has 0 unspecified atom stereocenters. The molecule has 0 aliphatic rings. The quantitative estimate of drug-likeness (QED) is 0.719. The summed E-state index contributed by atoms with van der Waals surface area (Å²) in [5, 5.41) is 11.0. The summed E-state index contributed by atoms with van der Waals surface area (Å²) in [5.74, 6) is -1.76. The highest BCUT2D eigenvalue weighted by Crippen LogP contribution is 2.11. The number of hydrogen-bond acceptors (Lipinski definition) is 3. The molecule has 0 atom stereocenters. The molecule has 1 amide bonds. The first-order valence-electron chi connectivity index (χ1n) is 5.99. The molecule has 4 nitrogen and oxygen atoms in total. The molecule has 0 spiro atoms. The number of rotatable bonds is 8. The van der Waals surface area contributed by atoms with E-state index < -0.39 is 17.6 Å². The Morgan fingerprint density at radius 1 is 1.30 bits per heavy atom. The molecule has 0 heterocycles. The van der Waals surface area contributed by atoms with Crippen molar-refractivity contribution in [3.8, 4) is 0 Å². The van der Waals surface area contributed by atoms with Crippen LogP contribution >= 0.6 is 11.8 Å². The Morgan fingerprint density at radius 2 is 2.05 bits per heavy atom. The molecule has 0 aromatic heterocycles. The van der Waals surface area contributed by atoms with Gasteiger partial charge in [0.15, 0.2) is 0 Å². The van der Waals surface area contributed by atoms with Gasteiger partial charge in [0, 0.05) is 18.7 Å². The van der Waals surface area contributed by atoms with Crippen molar-refractivity contribution in [1.29, 1.82) is 0 Å². The predicted molar refractivity (Wildman–Crippen MR) is 72.6 cm³/mol. The summed E-state index contributed by atoms with van der Waals surface area (Å²) in [6.07, 6.45) is 0.182. The van der Waals surface area contributed by atoms with E-state index in [1.807, 2.05) is 0 Å². The predicted octanol–water partition coefficient (Wildman–Crippen LogP) is 1.83. The zero-order valence-corrected chi connectivity index (χ0v) is 11.5. The number of halogens is 2. The first-order chi connectivity index (χ1) is 9.49. The highest BCUT2D eigenvalue weighted by molar-refractivity contribution is 7.99. The van der Waals surface area contributed by atoms with Crippen LogP contribution in [-0.2, 0) is 16.0 Å². The fraction of sp³-hybridized carbons (Fsp3) is 0.385. The number of carboxylic acid groups (broad SMARTS) is 1. The standard InChI is InChI=1S/C13H15F2NO3S/c14-10-2-3-11(15)9(7-10)1-4-12(17)16-5-6-20-8-13(18)19/h2-3,7H,1,4-6,8H2,(H,16,17)(H,18,19). The number of aliphatic carboxylic acids is 1. The zero-order valence-electron chi connectivity index (χ0n) is 10.7. The number of carbonyl (C=O) groups is 2. The number of amides is 1. The molecule has 20 heavy (non-hydrogen) atoms. The normalized spacial score (nSPS) is 10.3. The van der Waals surface area contributed by atoms with Crippen LogP contribution in [0.1, 0.15) is 12.0 Å². The van der Waals surface area contributed by atoms with E-state index in [4.69, 9.17) is 5.11 Å². The van der Waals surface area contributed by atoms with Gasteiger partial charge in [0.25, 0.3) is 0 Å². The van der Waals surface area contributed by atoms with Crippen LogP contribution in [0, 0.1) is 11.6 Å².